The largest absolute Gasteiger partial charge is 0.372 e. The van der Waals surface area contributed by atoms with E-state index in [4.69, 9.17) is 10.00 Å². The molecule has 1 N–H and O–H groups in total. The van der Waals surface area contributed by atoms with Gasteiger partial charge in [0, 0.05) is 6.61 Å². The van der Waals surface area contributed by atoms with Gasteiger partial charge in [0.05, 0.1) is 0 Å². The minimum atomic E-state index is -0.393. The van der Waals surface area contributed by atoms with Crippen LogP contribution in [0.15, 0.2) is 0 Å². The van der Waals surface area contributed by atoms with Gasteiger partial charge in [0.25, 0.3) is 5.91 Å². The van der Waals surface area contributed by atoms with Crippen molar-refractivity contribution in [1.29, 1.82) is 5.26 Å². The first-order valence-electron chi connectivity index (χ1n) is 3.07. The third kappa shape index (κ3) is 5.06. The highest BCUT2D eigenvalue weighted by molar-refractivity contribution is 5.78. The number of hydrogen-bond acceptors (Lipinski definition) is 3. The van der Waals surface area contributed by atoms with E-state index in [-0.39, 0.29) is 6.61 Å². The third-order valence-corrected chi connectivity index (χ3v) is 0.777. The fourth-order valence-corrected chi connectivity index (χ4v) is 0.408. The molecule has 10 heavy (non-hydrogen) atoms. The van der Waals surface area contributed by atoms with Gasteiger partial charge in [-0.3, -0.25) is 10.1 Å². The fourth-order valence-electron chi connectivity index (χ4n) is 0.408. The van der Waals surface area contributed by atoms with Gasteiger partial charge >= 0.3 is 0 Å². The Morgan fingerprint density at radius 1 is 1.80 bits per heavy atom. The lowest BCUT2D eigenvalue weighted by molar-refractivity contribution is -0.124. The summed E-state index contributed by atoms with van der Waals surface area (Å²) in [5.74, 6) is -0.393. The van der Waals surface area contributed by atoms with Crippen molar-refractivity contribution >= 4 is 5.91 Å². The monoisotopic (exact) mass is 142 g/mol. The number of hydrogen-bond donors (Lipinski definition) is 1. The van der Waals surface area contributed by atoms with Crippen molar-refractivity contribution < 1.29 is 9.53 Å². The molecule has 0 aliphatic heterocycles. The van der Waals surface area contributed by atoms with Gasteiger partial charge in [-0.2, -0.15) is 5.26 Å². The molecule has 0 atom stereocenters. The summed E-state index contributed by atoms with van der Waals surface area (Å²) in [6.07, 6.45) is 2.39. The molecule has 0 saturated heterocycles. The summed E-state index contributed by atoms with van der Waals surface area (Å²) in [5, 5.41) is 9.90. The number of carbonyl (C=O) groups is 1. The van der Waals surface area contributed by atoms with E-state index < -0.39 is 5.91 Å². The molecule has 1 amide bonds. The molecule has 0 radical (unpaired) electrons. The van der Waals surface area contributed by atoms with Gasteiger partial charge in [0.2, 0.25) is 0 Å². The van der Waals surface area contributed by atoms with Gasteiger partial charge in [0.1, 0.15) is 6.61 Å². The van der Waals surface area contributed by atoms with E-state index >= 15 is 0 Å². The highest BCUT2D eigenvalue weighted by Crippen LogP contribution is 1.78. The maximum absolute atomic E-state index is 10.5. The topological polar surface area (TPSA) is 62.1 Å². The minimum absolute atomic E-state index is 0.0264. The van der Waals surface area contributed by atoms with Crippen molar-refractivity contribution in [3.63, 3.8) is 0 Å². The van der Waals surface area contributed by atoms with Crippen molar-refractivity contribution in [2.24, 2.45) is 0 Å². The van der Waals surface area contributed by atoms with Crippen molar-refractivity contribution in [3.05, 3.63) is 0 Å². The first-order chi connectivity index (χ1) is 4.81. The zero-order valence-corrected chi connectivity index (χ0v) is 5.89. The average molecular weight is 142 g/mol. The Bertz CT molecular complexity index is 139. The van der Waals surface area contributed by atoms with Crippen LogP contribution in [0.2, 0.25) is 0 Å². The SMILES string of the molecule is CCCOCC(=O)NC#N. The number of nitrogens with zero attached hydrogens (tertiary/aromatic N) is 1. The van der Waals surface area contributed by atoms with Gasteiger partial charge < -0.3 is 4.74 Å². The molecule has 0 aromatic heterocycles. The lowest BCUT2D eigenvalue weighted by atomic mass is 10.5. The Hall–Kier alpha value is -1.08. The van der Waals surface area contributed by atoms with Crippen LogP contribution >= 0.6 is 0 Å². The maximum Gasteiger partial charge on any atom is 0.258 e. The predicted molar refractivity (Wildman–Crippen MR) is 34.9 cm³/mol. The Kier molecular flexibility index (Phi) is 5.39. The van der Waals surface area contributed by atoms with Crippen LogP contribution in [0.3, 0.4) is 0 Å². The molecule has 0 rings (SSSR count). The number of carbonyl (C=O) groups excluding carboxylic acids is 1. The lowest BCUT2D eigenvalue weighted by Crippen LogP contribution is -2.22. The maximum atomic E-state index is 10.5. The molecule has 4 heteroatoms. The molecule has 4 nitrogen and oxygen atoms in total. The quantitative estimate of drug-likeness (QED) is 0.341. The molecular weight excluding hydrogens is 132 g/mol. The summed E-state index contributed by atoms with van der Waals surface area (Å²) in [7, 11) is 0. The zero-order valence-electron chi connectivity index (χ0n) is 5.89. The van der Waals surface area contributed by atoms with Gasteiger partial charge in [-0.15, -0.1) is 0 Å². The Morgan fingerprint density at radius 3 is 3.00 bits per heavy atom. The third-order valence-electron chi connectivity index (χ3n) is 0.777. The predicted octanol–water partition coefficient (Wildman–Crippen LogP) is 0.0103. The minimum Gasteiger partial charge on any atom is -0.372 e. The summed E-state index contributed by atoms with van der Waals surface area (Å²) in [6, 6.07) is 0. The highest BCUT2D eigenvalue weighted by atomic mass is 16.5. The molecular formula is C6H10N2O2. The standard InChI is InChI=1S/C6H10N2O2/c1-2-3-10-4-6(9)8-5-7/h2-4H2,1H3,(H,8,9). The molecule has 56 valence electrons. The fraction of sp³-hybridized carbons (Fsp3) is 0.667. The molecule has 0 heterocycles. The average Bonchev–Trinajstić information content (AvgIpc) is 1.89. The molecule has 0 aliphatic rings. The first kappa shape index (κ1) is 8.92. The van der Waals surface area contributed by atoms with Gasteiger partial charge in [-0.25, -0.2) is 0 Å². The molecule has 0 aromatic rings. The summed E-state index contributed by atoms with van der Waals surface area (Å²) < 4.78 is 4.83. The van der Waals surface area contributed by atoms with E-state index in [0.717, 1.165) is 6.42 Å². The summed E-state index contributed by atoms with van der Waals surface area (Å²) in [5.41, 5.74) is 0. The second-order valence-electron chi connectivity index (χ2n) is 1.71. The molecule has 0 aromatic carbocycles. The molecule has 0 bridgehead atoms. The van der Waals surface area contributed by atoms with E-state index in [2.05, 4.69) is 0 Å². The Labute approximate surface area is 59.8 Å². The van der Waals surface area contributed by atoms with E-state index in [1.165, 1.54) is 6.19 Å². The van der Waals surface area contributed by atoms with Crippen molar-refractivity contribution in [1.82, 2.24) is 5.32 Å². The summed E-state index contributed by atoms with van der Waals surface area (Å²) in [4.78, 5) is 10.5. The number of rotatable bonds is 4. The van der Waals surface area contributed by atoms with Gasteiger partial charge in [-0.05, 0) is 6.42 Å². The second-order valence-corrected chi connectivity index (χ2v) is 1.71. The van der Waals surface area contributed by atoms with Crippen molar-refractivity contribution in [2.45, 2.75) is 13.3 Å². The zero-order chi connectivity index (χ0) is 7.82. The van der Waals surface area contributed by atoms with Crippen LogP contribution in [0, 0.1) is 11.5 Å². The Balaban J connectivity index is 3.15. The smallest absolute Gasteiger partial charge is 0.258 e. The van der Waals surface area contributed by atoms with E-state index in [9.17, 15) is 4.79 Å². The lowest BCUT2D eigenvalue weighted by Gasteiger charge is -1.97. The Morgan fingerprint density at radius 2 is 2.50 bits per heavy atom. The molecule has 0 fully saturated rings. The van der Waals surface area contributed by atoms with Crippen LogP contribution in [0.25, 0.3) is 0 Å². The number of nitriles is 1. The van der Waals surface area contributed by atoms with Crippen molar-refractivity contribution in [3.8, 4) is 6.19 Å². The summed E-state index contributed by atoms with van der Waals surface area (Å²) >= 11 is 0. The number of amides is 1. The van der Waals surface area contributed by atoms with Crippen LogP contribution in [0.5, 0.6) is 0 Å². The normalized spacial score (nSPS) is 8.40. The molecule has 0 aliphatic carbocycles. The molecule has 0 saturated carbocycles. The van der Waals surface area contributed by atoms with E-state index in [0.29, 0.717) is 6.61 Å². The van der Waals surface area contributed by atoms with E-state index in [1.54, 1.807) is 0 Å². The highest BCUT2D eigenvalue weighted by Gasteiger charge is 1.96. The van der Waals surface area contributed by atoms with E-state index in [1.807, 2.05) is 12.2 Å². The van der Waals surface area contributed by atoms with Crippen LogP contribution < -0.4 is 5.32 Å². The molecule has 0 spiro atoms. The first-order valence-corrected chi connectivity index (χ1v) is 3.07. The van der Waals surface area contributed by atoms with Crippen LogP contribution in [-0.4, -0.2) is 19.1 Å². The van der Waals surface area contributed by atoms with Crippen LogP contribution in [0.4, 0.5) is 0 Å². The number of nitrogens with one attached hydrogen (secondary N) is 1. The second kappa shape index (κ2) is 6.05. The molecule has 0 unspecified atom stereocenters. The summed E-state index contributed by atoms with van der Waals surface area (Å²) in [6.45, 7) is 2.47. The van der Waals surface area contributed by atoms with Gasteiger partial charge in [0.15, 0.2) is 6.19 Å². The number of ether oxygens (including phenoxy) is 1. The van der Waals surface area contributed by atoms with Crippen LogP contribution in [-0.2, 0) is 9.53 Å². The van der Waals surface area contributed by atoms with Crippen molar-refractivity contribution in [2.75, 3.05) is 13.2 Å². The van der Waals surface area contributed by atoms with Gasteiger partial charge in [-0.1, -0.05) is 6.92 Å². The van der Waals surface area contributed by atoms with Crippen LogP contribution in [0.1, 0.15) is 13.3 Å².